The van der Waals surface area contributed by atoms with E-state index in [9.17, 15) is 33.7 Å². The van der Waals surface area contributed by atoms with Crippen LogP contribution in [0.2, 0.25) is 0 Å². The van der Waals surface area contributed by atoms with Crippen LogP contribution in [0.4, 0.5) is 4.79 Å². The Morgan fingerprint density at radius 3 is 2.11 bits per heavy atom. The normalized spacial score (nSPS) is 30.1. The van der Waals surface area contributed by atoms with Crippen molar-refractivity contribution in [1.29, 1.82) is 0 Å². The van der Waals surface area contributed by atoms with Gasteiger partial charge in [-0.15, -0.1) is 0 Å². The second kappa shape index (κ2) is 20.2. The lowest BCUT2D eigenvalue weighted by molar-refractivity contribution is -0.276. The Balaban J connectivity index is 1.79. The van der Waals surface area contributed by atoms with Gasteiger partial charge in [-0.25, -0.2) is 9.36 Å². The summed E-state index contributed by atoms with van der Waals surface area (Å²) >= 11 is 0. The lowest BCUT2D eigenvalue weighted by atomic mass is 9.82. The van der Waals surface area contributed by atoms with Crippen molar-refractivity contribution >= 4 is 39.5 Å². The number of methoxy groups -OCH3 is 1. The summed E-state index contributed by atoms with van der Waals surface area (Å²) in [4.78, 5) is 57.5. The molecule has 18 nitrogen and oxygen atoms in total. The third-order valence-corrected chi connectivity index (χ3v) is 8.27. The first-order chi connectivity index (χ1) is 22.2. The highest BCUT2D eigenvalue weighted by Crippen LogP contribution is 2.48. The van der Waals surface area contributed by atoms with Crippen molar-refractivity contribution in [3.63, 3.8) is 0 Å². The number of carbonyl (C=O) groups excluding carboxylic acids is 4. The number of carbonyl (C=O) groups is 4. The molecule has 0 aromatic heterocycles. The number of hydrogen-bond acceptors (Lipinski definition) is 14. The van der Waals surface area contributed by atoms with E-state index < -0.39 is 93.1 Å². The van der Waals surface area contributed by atoms with E-state index in [4.69, 9.17) is 40.8 Å². The minimum Gasteiger partial charge on any atom is -0.456 e. The molecule has 0 spiro atoms. The van der Waals surface area contributed by atoms with Gasteiger partial charge in [0.05, 0.1) is 13.2 Å². The van der Waals surface area contributed by atoms with Gasteiger partial charge in [0.1, 0.15) is 32.2 Å². The highest BCUT2D eigenvalue weighted by molar-refractivity contribution is 7.47. The van der Waals surface area contributed by atoms with Crippen molar-refractivity contribution in [3.05, 3.63) is 0 Å². The first kappa shape index (κ1) is 40.8. The lowest BCUT2D eigenvalue weighted by Gasteiger charge is -2.44. The summed E-state index contributed by atoms with van der Waals surface area (Å²) in [6.07, 6.45) is -4.26. The number of unbranched alkanes of at least 4 members (excludes halogenated alkanes) is 1. The van der Waals surface area contributed by atoms with E-state index in [2.05, 4.69) is 20.5 Å². The predicted molar refractivity (Wildman–Crippen MR) is 162 cm³/mol. The average molecular weight is 695 g/mol. The van der Waals surface area contributed by atoms with Gasteiger partial charge in [0.25, 0.3) is 0 Å². The minimum atomic E-state index is -4.31. The molecule has 2 unspecified atom stereocenters. The van der Waals surface area contributed by atoms with Crippen LogP contribution >= 0.6 is 7.82 Å². The second-order valence-electron chi connectivity index (χ2n) is 11.0. The van der Waals surface area contributed by atoms with Gasteiger partial charge in [0.2, 0.25) is 5.91 Å². The van der Waals surface area contributed by atoms with Crippen molar-refractivity contribution in [2.24, 2.45) is 5.92 Å². The number of phosphoric acid groups is 1. The monoisotopic (exact) mass is 695 g/mol. The fourth-order valence-corrected chi connectivity index (χ4v) is 5.98. The van der Waals surface area contributed by atoms with E-state index in [0.717, 1.165) is 21.0 Å². The van der Waals surface area contributed by atoms with Crippen LogP contribution < -0.4 is 16.0 Å². The van der Waals surface area contributed by atoms with Crippen molar-refractivity contribution in [1.82, 2.24) is 16.0 Å². The van der Waals surface area contributed by atoms with Gasteiger partial charge in [0.15, 0.2) is 18.5 Å². The molecule has 2 rings (SSSR count). The Bertz CT molecular complexity index is 1070. The number of phosphoric ester groups is 1. The van der Waals surface area contributed by atoms with Gasteiger partial charge in [-0.3, -0.25) is 23.4 Å². The third-order valence-electron chi connectivity index (χ3n) is 7.30. The summed E-state index contributed by atoms with van der Waals surface area (Å²) in [7, 11) is 4.29. The molecule has 268 valence electrons. The molecule has 2 saturated heterocycles. The molecule has 0 saturated carbocycles. The topological polar surface area (TPSA) is 236 Å². The number of amides is 3. The zero-order chi connectivity index (χ0) is 35.1. The standard InChI is InChI=1S/C27H47BN3O15P/c1-15(33)31-21-24(43-17(3)35)23(42-16(2)34)19(13-32)45-26(21)41-12-7-6-10-29-27(36)30-11-8-9-18-22(46-47(37,38)40-5)20(14-39-4)44-25(18)28/h18-26,32H,6-14H2,1-5H3,(H,31,33)(H,37,38)(H2,29,30,36)/t18-,19+,20+,21+,22?,23-,24+,25+,26+/m0/s1. The molecule has 0 bridgehead atoms. The highest BCUT2D eigenvalue weighted by Gasteiger charge is 2.51. The molecule has 2 heterocycles. The number of ether oxygens (including phenoxy) is 6. The highest BCUT2D eigenvalue weighted by atomic mass is 31.2. The van der Waals surface area contributed by atoms with Crippen LogP contribution in [0.3, 0.4) is 0 Å². The van der Waals surface area contributed by atoms with Crippen molar-refractivity contribution < 1.29 is 71.2 Å². The summed E-state index contributed by atoms with van der Waals surface area (Å²) in [6.45, 7) is 3.78. The Kier molecular flexibility index (Phi) is 17.6. The molecule has 3 amide bonds. The second-order valence-corrected chi connectivity index (χ2v) is 12.5. The molecule has 2 fully saturated rings. The zero-order valence-corrected chi connectivity index (χ0v) is 28.2. The molecule has 0 aromatic rings. The summed E-state index contributed by atoms with van der Waals surface area (Å²) in [5, 5.41) is 17.9. The van der Waals surface area contributed by atoms with E-state index in [-0.39, 0.29) is 19.8 Å². The van der Waals surface area contributed by atoms with Gasteiger partial charge in [-0.1, -0.05) is 0 Å². The quantitative estimate of drug-likeness (QED) is 0.0483. The zero-order valence-electron chi connectivity index (χ0n) is 27.3. The van der Waals surface area contributed by atoms with E-state index >= 15 is 0 Å². The summed E-state index contributed by atoms with van der Waals surface area (Å²) in [5.41, 5.74) is 0. The maximum Gasteiger partial charge on any atom is 0.472 e. The van der Waals surface area contributed by atoms with Crippen LogP contribution in [-0.4, -0.2) is 138 Å². The number of aliphatic hydroxyl groups is 1. The molecular formula is C27H47BN3O15P. The molecule has 20 heteroatoms. The molecule has 5 N–H and O–H groups in total. The fourth-order valence-electron chi connectivity index (χ4n) is 5.29. The molecule has 0 aliphatic carbocycles. The maximum absolute atomic E-state index is 12.3. The van der Waals surface area contributed by atoms with Gasteiger partial charge in [0, 0.05) is 66.6 Å². The van der Waals surface area contributed by atoms with E-state index in [1.807, 2.05) is 0 Å². The average Bonchev–Trinajstić information content (AvgIpc) is 3.27. The molecule has 47 heavy (non-hydrogen) atoms. The van der Waals surface area contributed by atoms with Crippen molar-refractivity contribution in [2.75, 3.05) is 47.1 Å². The first-order valence-corrected chi connectivity index (χ1v) is 16.7. The Hall–Kier alpha value is -2.35. The SMILES string of the molecule is [B][C@@H]1O[C@H](COC)C(OP(=O)(O)OC)[C@@H]1CCCNC(=O)NCCCCO[C@@H]1O[C@H](CO)[C@H](OC(C)=O)[C@H](OC(C)=O)[C@H]1NC(C)=O. The van der Waals surface area contributed by atoms with Crippen LogP contribution in [-0.2, 0) is 56.4 Å². The Labute approximate surface area is 275 Å². The Morgan fingerprint density at radius 2 is 1.53 bits per heavy atom. The van der Waals surface area contributed by atoms with Crippen molar-refractivity contribution in [2.45, 2.75) is 95.3 Å². The largest absolute Gasteiger partial charge is 0.472 e. The minimum absolute atomic E-state index is 0.0996. The van der Waals surface area contributed by atoms with Gasteiger partial charge >= 0.3 is 25.8 Å². The molecule has 2 aliphatic heterocycles. The number of hydrogen-bond donors (Lipinski definition) is 5. The van der Waals surface area contributed by atoms with Crippen LogP contribution in [0.1, 0.15) is 46.5 Å². The Morgan fingerprint density at radius 1 is 0.894 bits per heavy atom. The van der Waals surface area contributed by atoms with Gasteiger partial charge in [-0.05, 0) is 25.7 Å². The summed E-state index contributed by atoms with van der Waals surface area (Å²) in [6, 6.07) is -2.22. The first-order valence-electron chi connectivity index (χ1n) is 15.2. The molecule has 2 aliphatic rings. The van der Waals surface area contributed by atoms with Crippen LogP contribution in [0.5, 0.6) is 0 Å². The van der Waals surface area contributed by atoms with E-state index in [1.165, 1.54) is 14.0 Å². The van der Waals surface area contributed by atoms with Gasteiger partial charge < -0.3 is 54.4 Å². The smallest absolute Gasteiger partial charge is 0.456 e. The summed E-state index contributed by atoms with van der Waals surface area (Å²) < 4.78 is 54.8. The molecule has 2 radical (unpaired) electrons. The van der Waals surface area contributed by atoms with Crippen LogP contribution in [0.15, 0.2) is 0 Å². The van der Waals surface area contributed by atoms with Crippen LogP contribution in [0, 0.1) is 5.92 Å². The number of aliphatic hydroxyl groups excluding tert-OH is 1. The number of nitrogens with one attached hydrogen (secondary N) is 3. The van der Waals surface area contributed by atoms with E-state index in [1.54, 1.807) is 0 Å². The number of urea groups is 1. The lowest BCUT2D eigenvalue weighted by Crippen LogP contribution is -2.66. The summed E-state index contributed by atoms with van der Waals surface area (Å²) in [5.74, 6) is -2.32. The predicted octanol–water partition coefficient (Wildman–Crippen LogP) is -0.764. The van der Waals surface area contributed by atoms with Crippen LogP contribution in [0.25, 0.3) is 0 Å². The fraction of sp³-hybridized carbons (Fsp3) is 0.852. The van der Waals surface area contributed by atoms with Gasteiger partial charge in [-0.2, -0.15) is 0 Å². The van der Waals surface area contributed by atoms with Crippen molar-refractivity contribution in [3.8, 4) is 0 Å². The number of esters is 2. The molecule has 0 aromatic carbocycles. The molecular weight excluding hydrogens is 648 g/mol. The number of rotatable bonds is 19. The van der Waals surface area contributed by atoms with E-state index in [0.29, 0.717) is 32.2 Å². The maximum atomic E-state index is 12.3. The molecule has 10 atom stereocenters. The third kappa shape index (κ3) is 13.6.